The molecule has 2 aromatic heterocycles. The van der Waals surface area contributed by atoms with E-state index in [-0.39, 0.29) is 56.9 Å². The average Bonchev–Trinajstić information content (AvgIpc) is 3.02. The normalized spacial score (nSPS) is 13.6. The molecule has 0 saturated carbocycles. The van der Waals surface area contributed by atoms with Crippen molar-refractivity contribution in [2.75, 3.05) is 68.7 Å². The van der Waals surface area contributed by atoms with Crippen molar-refractivity contribution in [3.8, 4) is 0 Å². The summed E-state index contributed by atoms with van der Waals surface area (Å²) in [6.07, 6.45) is 6.98. The van der Waals surface area contributed by atoms with E-state index in [0.717, 1.165) is 77.7 Å². The number of hydrogen-bond acceptors (Lipinski definition) is 14. The Labute approximate surface area is 282 Å². The molecule has 1 saturated heterocycles. The van der Waals surface area contributed by atoms with Crippen LogP contribution in [0.4, 0.5) is 23.3 Å². The van der Waals surface area contributed by atoms with Gasteiger partial charge in [0.15, 0.2) is 56.9 Å². The number of halogens is 2. The van der Waals surface area contributed by atoms with E-state index in [1.54, 1.807) is 0 Å². The Morgan fingerprint density at radius 2 is 1.17 bits per heavy atom. The Morgan fingerprint density at radius 1 is 0.702 bits per heavy atom. The van der Waals surface area contributed by atoms with E-state index in [2.05, 4.69) is 51.4 Å². The Hall–Kier alpha value is -4.26. The second-order valence-electron chi connectivity index (χ2n) is 11.0. The number of nitrogens with one attached hydrogen (secondary N) is 7. The van der Waals surface area contributed by atoms with Crippen LogP contribution in [0.2, 0.25) is 10.3 Å². The van der Waals surface area contributed by atoms with Gasteiger partial charge in [-0.15, -0.1) is 0 Å². The third-order valence-electron chi connectivity index (χ3n) is 7.39. The highest BCUT2D eigenvalue weighted by Gasteiger charge is 2.20. The van der Waals surface area contributed by atoms with Crippen LogP contribution in [-0.2, 0) is 0 Å². The summed E-state index contributed by atoms with van der Waals surface area (Å²) in [6.45, 7) is 6.15. The van der Waals surface area contributed by atoms with Gasteiger partial charge in [-0.05, 0) is 77.2 Å². The highest BCUT2D eigenvalue weighted by molar-refractivity contribution is 6.32. The number of piperidine rings is 1. The number of nitrogen functional groups attached to an aromatic ring is 4. The second kappa shape index (κ2) is 18.8. The number of guanidine groups is 2. The molecular formula is C27H44Cl2N16O2. The number of nitrogens with zero attached hydrogens (tertiary/aromatic N) is 5. The highest BCUT2D eigenvalue weighted by Crippen LogP contribution is 2.19. The van der Waals surface area contributed by atoms with E-state index in [1.165, 1.54) is 0 Å². The smallest absolute Gasteiger partial charge is 0.280 e. The number of likely N-dealkylation sites (tertiary alicyclic amines) is 1. The van der Waals surface area contributed by atoms with Crippen molar-refractivity contribution in [3.05, 3.63) is 21.7 Å². The van der Waals surface area contributed by atoms with Crippen molar-refractivity contribution >= 4 is 70.2 Å². The lowest BCUT2D eigenvalue weighted by Gasteiger charge is -2.32. The van der Waals surface area contributed by atoms with Crippen LogP contribution in [0.5, 0.6) is 0 Å². The number of nitrogens with two attached hydrogens (primary N) is 4. The fourth-order valence-electron chi connectivity index (χ4n) is 4.81. The Bertz CT molecular complexity index is 1400. The number of carbonyl (C=O) groups excluding carboxylic acids is 2. The monoisotopic (exact) mass is 694 g/mol. The second-order valence-corrected chi connectivity index (χ2v) is 11.8. The van der Waals surface area contributed by atoms with E-state index in [4.69, 9.17) is 57.0 Å². The van der Waals surface area contributed by atoms with Crippen LogP contribution in [0, 0.1) is 16.7 Å². The third kappa shape index (κ3) is 12.5. The van der Waals surface area contributed by atoms with Gasteiger partial charge < -0.3 is 43.8 Å². The zero-order chi connectivity index (χ0) is 34.3. The molecular weight excluding hydrogens is 651 g/mol. The summed E-state index contributed by atoms with van der Waals surface area (Å²) < 4.78 is 0. The van der Waals surface area contributed by atoms with Gasteiger partial charge in [0.2, 0.25) is 0 Å². The molecule has 0 bridgehead atoms. The molecule has 0 aromatic carbocycles. The number of hydrogen-bond donors (Lipinski definition) is 11. The summed E-state index contributed by atoms with van der Waals surface area (Å²) in [4.78, 5) is 42.2. The zero-order valence-corrected chi connectivity index (χ0v) is 27.6. The van der Waals surface area contributed by atoms with Crippen LogP contribution in [0.1, 0.15) is 65.9 Å². The summed E-state index contributed by atoms with van der Waals surface area (Å²) in [5, 5.41) is 29.6. The topological polar surface area (TPSA) is 301 Å². The number of rotatable bonds is 15. The van der Waals surface area contributed by atoms with Crippen LogP contribution >= 0.6 is 23.2 Å². The molecule has 3 heterocycles. The van der Waals surface area contributed by atoms with E-state index in [1.807, 2.05) is 0 Å². The molecule has 15 N–H and O–H groups in total. The fraction of sp³-hybridized carbons (Fsp3) is 0.556. The first-order valence-corrected chi connectivity index (χ1v) is 16.1. The predicted octanol–water partition coefficient (Wildman–Crippen LogP) is 0.363. The molecule has 3 rings (SSSR count). The summed E-state index contributed by atoms with van der Waals surface area (Å²) in [5.41, 5.74) is 22.0. The van der Waals surface area contributed by atoms with Gasteiger partial charge in [0.05, 0.1) is 0 Å². The largest absolute Gasteiger partial charge is 0.382 e. The molecule has 1 aliphatic heterocycles. The van der Waals surface area contributed by atoms with Crippen LogP contribution < -0.4 is 49.5 Å². The lowest BCUT2D eigenvalue weighted by atomic mass is 9.96. The van der Waals surface area contributed by atoms with Gasteiger partial charge in [0.25, 0.3) is 11.8 Å². The molecule has 1 aliphatic rings. The summed E-state index contributed by atoms with van der Waals surface area (Å²) in [5.74, 6) is -1.48. The summed E-state index contributed by atoms with van der Waals surface area (Å²) in [7, 11) is 0. The van der Waals surface area contributed by atoms with Crippen molar-refractivity contribution < 1.29 is 9.59 Å². The number of anilines is 4. The van der Waals surface area contributed by atoms with Gasteiger partial charge in [-0.3, -0.25) is 31.0 Å². The van der Waals surface area contributed by atoms with E-state index in [9.17, 15) is 9.59 Å². The minimum Gasteiger partial charge on any atom is -0.382 e. The average molecular weight is 696 g/mol. The van der Waals surface area contributed by atoms with Crippen molar-refractivity contribution in [2.24, 2.45) is 5.92 Å². The molecule has 20 heteroatoms. The van der Waals surface area contributed by atoms with Crippen LogP contribution in [0.15, 0.2) is 0 Å². The Morgan fingerprint density at radius 3 is 1.68 bits per heavy atom. The van der Waals surface area contributed by atoms with Crippen LogP contribution in [0.3, 0.4) is 0 Å². The van der Waals surface area contributed by atoms with Gasteiger partial charge in [-0.2, -0.15) is 0 Å². The van der Waals surface area contributed by atoms with Gasteiger partial charge >= 0.3 is 0 Å². The minimum absolute atomic E-state index is 0.0682. The zero-order valence-electron chi connectivity index (χ0n) is 26.1. The molecule has 0 aliphatic carbocycles. The van der Waals surface area contributed by atoms with E-state index < -0.39 is 11.8 Å². The first-order valence-electron chi connectivity index (χ1n) is 15.3. The van der Waals surface area contributed by atoms with Crippen molar-refractivity contribution in [1.29, 1.82) is 10.8 Å². The van der Waals surface area contributed by atoms with Crippen LogP contribution in [-0.4, -0.2) is 94.4 Å². The molecule has 0 spiro atoms. The molecule has 0 radical (unpaired) electrons. The van der Waals surface area contributed by atoms with Crippen molar-refractivity contribution in [3.63, 3.8) is 0 Å². The van der Waals surface area contributed by atoms with E-state index in [0.29, 0.717) is 19.0 Å². The number of aromatic nitrogens is 4. The molecule has 0 unspecified atom stereocenters. The van der Waals surface area contributed by atoms with Crippen LogP contribution in [0.25, 0.3) is 0 Å². The molecule has 2 amide bonds. The number of carbonyl (C=O) groups is 2. The van der Waals surface area contributed by atoms with Crippen molar-refractivity contribution in [2.45, 2.75) is 44.9 Å². The van der Waals surface area contributed by atoms with Gasteiger partial charge in [-0.25, -0.2) is 19.9 Å². The van der Waals surface area contributed by atoms with Crippen molar-refractivity contribution in [1.82, 2.24) is 51.4 Å². The molecule has 1 fully saturated rings. The molecule has 2 aromatic rings. The highest BCUT2D eigenvalue weighted by atomic mass is 35.5. The fourth-order valence-corrected chi connectivity index (χ4v) is 5.06. The maximum absolute atomic E-state index is 12.3. The van der Waals surface area contributed by atoms with Gasteiger partial charge in [-0.1, -0.05) is 29.6 Å². The maximum Gasteiger partial charge on any atom is 0.280 e. The maximum atomic E-state index is 12.3. The number of amides is 2. The lowest BCUT2D eigenvalue weighted by molar-refractivity contribution is 0.0963. The first kappa shape index (κ1) is 37.2. The predicted molar refractivity (Wildman–Crippen MR) is 183 cm³/mol. The Balaban J connectivity index is 1.14. The SMILES string of the molecule is N=C(NCCCCCNCC1CCN(CCCCNC(=N)NC(=O)c2nc(Cl)c(N)nc2N)CC1)NC(=O)c1nc(Cl)c(N)nc1N. The molecule has 47 heavy (non-hydrogen) atoms. The minimum atomic E-state index is -0.690. The third-order valence-corrected chi connectivity index (χ3v) is 7.95. The standard InChI is InChI=1S/C27H44Cl2N16O2/c28-18-22(32)41-20(30)16(39-18)24(46)43-26(34)37-9-3-1-2-8-36-14-15-6-12-45(13-7-15)11-5-4-10-38-27(35)44-25(47)17-21(31)42-23(33)19(29)40-17/h15,36H,1-14H2,(H4,30,32,41)(H4,31,33,42)(H3,34,37,43,46)(H3,35,38,44,47). The summed E-state index contributed by atoms with van der Waals surface area (Å²) >= 11 is 11.6. The number of unbranched alkanes of at least 4 members (excludes halogenated alkanes) is 3. The molecule has 0 atom stereocenters. The molecule has 258 valence electrons. The van der Waals surface area contributed by atoms with E-state index >= 15 is 0 Å². The van der Waals surface area contributed by atoms with Gasteiger partial charge in [0, 0.05) is 13.1 Å². The lowest BCUT2D eigenvalue weighted by Crippen LogP contribution is -2.41. The summed E-state index contributed by atoms with van der Waals surface area (Å²) in [6, 6.07) is 0. The molecule has 18 nitrogen and oxygen atoms in total. The quantitative estimate of drug-likeness (QED) is 0.0681. The van der Waals surface area contributed by atoms with Gasteiger partial charge in [0.1, 0.15) is 0 Å². The Kier molecular flexibility index (Phi) is 14.9. The first-order chi connectivity index (χ1) is 22.4.